The summed E-state index contributed by atoms with van der Waals surface area (Å²) >= 11 is 0. The van der Waals surface area contributed by atoms with Gasteiger partial charge in [0.25, 0.3) is 0 Å². The molecule has 1 atom stereocenters. The van der Waals surface area contributed by atoms with Gasteiger partial charge in [-0.05, 0) is 56.7 Å². The van der Waals surface area contributed by atoms with Gasteiger partial charge < -0.3 is 10.5 Å². The molecule has 3 heteroatoms. The molecule has 1 saturated carbocycles. The Bertz CT molecular complexity index is 443. The van der Waals surface area contributed by atoms with E-state index in [1.54, 1.807) is 0 Å². The molecule has 2 fully saturated rings. The van der Waals surface area contributed by atoms with Gasteiger partial charge in [0, 0.05) is 24.3 Å². The number of ether oxygens (including phenoxy) is 1. The summed E-state index contributed by atoms with van der Waals surface area (Å²) in [5.41, 5.74) is 6.53. The third-order valence-corrected chi connectivity index (χ3v) is 5.07. The monoisotopic (exact) mass is 288 g/mol. The number of nitrogens with two attached hydrogens (primary N) is 1. The molecule has 2 aliphatic rings. The molecule has 21 heavy (non-hydrogen) atoms. The molecule has 0 spiro atoms. The van der Waals surface area contributed by atoms with Gasteiger partial charge in [-0.3, -0.25) is 4.90 Å². The Labute approximate surface area is 128 Å². The van der Waals surface area contributed by atoms with Gasteiger partial charge in [0.2, 0.25) is 0 Å². The first kappa shape index (κ1) is 14.7. The molecule has 2 N–H and O–H groups in total. The first-order valence-electron chi connectivity index (χ1n) is 8.55. The van der Waals surface area contributed by atoms with Crippen LogP contribution in [0.4, 0.5) is 5.69 Å². The van der Waals surface area contributed by atoms with Crippen LogP contribution in [-0.4, -0.2) is 30.6 Å². The Balaban J connectivity index is 1.40. The van der Waals surface area contributed by atoms with Crippen LogP contribution < -0.4 is 10.5 Å². The van der Waals surface area contributed by atoms with E-state index >= 15 is 0 Å². The Morgan fingerprint density at radius 2 is 2.00 bits per heavy atom. The van der Waals surface area contributed by atoms with E-state index in [-0.39, 0.29) is 0 Å². The van der Waals surface area contributed by atoms with E-state index in [0.29, 0.717) is 0 Å². The van der Waals surface area contributed by atoms with Crippen molar-refractivity contribution >= 4 is 5.69 Å². The van der Waals surface area contributed by atoms with Crippen molar-refractivity contribution in [1.29, 1.82) is 0 Å². The van der Waals surface area contributed by atoms with Gasteiger partial charge in [0.05, 0.1) is 6.61 Å². The normalized spacial score (nSPS) is 23.7. The zero-order chi connectivity index (χ0) is 14.5. The average Bonchev–Trinajstić information content (AvgIpc) is 3.14. The van der Waals surface area contributed by atoms with Crippen molar-refractivity contribution in [2.75, 3.05) is 25.4 Å². The predicted molar refractivity (Wildman–Crippen MR) is 87.5 cm³/mol. The van der Waals surface area contributed by atoms with Crippen LogP contribution in [0.15, 0.2) is 24.3 Å². The molecular formula is C18H28N2O. The van der Waals surface area contributed by atoms with E-state index < -0.39 is 0 Å². The van der Waals surface area contributed by atoms with Gasteiger partial charge in [0.15, 0.2) is 0 Å². The number of hydrogen-bond acceptors (Lipinski definition) is 3. The average molecular weight is 288 g/mol. The second-order valence-electron chi connectivity index (χ2n) is 6.56. The summed E-state index contributed by atoms with van der Waals surface area (Å²) in [6.07, 6.45) is 9.74. The largest absolute Gasteiger partial charge is 0.493 e. The van der Waals surface area contributed by atoms with E-state index in [9.17, 15) is 0 Å². The van der Waals surface area contributed by atoms with Crippen LogP contribution in [0.3, 0.4) is 0 Å². The number of benzene rings is 1. The fourth-order valence-corrected chi connectivity index (χ4v) is 4.07. The van der Waals surface area contributed by atoms with Crippen molar-refractivity contribution in [3.05, 3.63) is 24.3 Å². The van der Waals surface area contributed by atoms with Crippen LogP contribution in [0, 0.1) is 5.92 Å². The minimum absolute atomic E-state index is 0.772. The Kier molecular flexibility index (Phi) is 5.02. The van der Waals surface area contributed by atoms with E-state index in [0.717, 1.165) is 36.4 Å². The molecular weight excluding hydrogens is 260 g/mol. The molecule has 3 rings (SSSR count). The summed E-state index contributed by atoms with van der Waals surface area (Å²) in [4.78, 5) is 2.72. The minimum atomic E-state index is 0.772. The maximum Gasteiger partial charge on any atom is 0.121 e. The van der Waals surface area contributed by atoms with Gasteiger partial charge in [-0.15, -0.1) is 0 Å². The summed E-state index contributed by atoms with van der Waals surface area (Å²) < 4.78 is 5.80. The molecule has 1 aromatic carbocycles. The molecule has 3 nitrogen and oxygen atoms in total. The van der Waals surface area contributed by atoms with Crippen LogP contribution in [0.1, 0.15) is 44.9 Å². The van der Waals surface area contributed by atoms with Crippen LogP contribution in [0.5, 0.6) is 5.75 Å². The van der Waals surface area contributed by atoms with E-state index in [4.69, 9.17) is 10.5 Å². The molecule has 1 aliphatic heterocycles. The SMILES string of the molecule is Nc1cccc(OCCCN2CCCC2C2CCCC2)c1. The highest BCUT2D eigenvalue weighted by molar-refractivity contribution is 5.43. The highest BCUT2D eigenvalue weighted by Gasteiger charge is 2.32. The first-order chi connectivity index (χ1) is 10.3. The van der Waals surface area contributed by atoms with E-state index in [1.165, 1.54) is 51.6 Å². The molecule has 0 aromatic heterocycles. The molecule has 1 heterocycles. The van der Waals surface area contributed by atoms with Crippen LogP contribution in [0.25, 0.3) is 0 Å². The zero-order valence-corrected chi connectivity index (χ0v) is 13.0. The Morgan fingerprint density at radius 3 is 2.81 bits per heavy atom. The lowest BCUT2D eigenvalue weighted by Gasteiger charge is -2.29. The predicted octanol–water partition coefficient (Wildman–Crippen LogP) is 3.69. The van der Waals surface area contributed by atoms with Gasteiger partial charge in [-0.25, -0.2) is 0 Å². The van der Waals surface area contributed by atoms with Crippen molar-refractivity contribution in [2.24, 2.45) is 5.92 Å². The van der Waals surface area contributed by atoms with Crippen LogP contribution in [-0.2, 0) is 0 Å². The Hall–Kier alpha value is -1.22. The van der Waals surface area contributed by atoms with E-state index in [1.807, 2.05) is 24.3 Å². The number of nitrogen functional groups attached to an aromatic ring is 1. The molecule has 0 amide bonds. The van der Waals surface area contributed by atoms with Gasteiger partial charge in [-0.1, -0.05) is 18.9 Å². The summed E-state index contributed by atoms with van der Waals surface area (Å²) in [5, 5.41) is 0. The minimum Gasteiger partial charge on any atom is -0.493 e. The lowest BCUT2D eigenvalue weighted by Crippen LogP contribution is -2.35. The molecule has 1 aliphatic carbocycles. The highest BCUT2D eigenvalue weighted by Crippen LogP contribution is 2.35. The summed E-state index contributed by atoms with van der Waals surface area (Å²) in [6.45, 7) is 3.26. The second kappa shape index (κ2) is 7.17. The Morgan fingerprint density at radius 1 is 1.14 bits per heavy atom. The van der Waals surface area contributed by atoms with Gasteiger partial charge >= 0.3 is 0 Å². The van der Waals surface area contributed by atoms with Crippen molar-refractivity contribution in [2.45, 2.75) is 51.0 Å². The van der Waals surface area contributed by atoms with Crippen LogP contribution >= 0.6 is 0 Å². The summed E-state index contributed by atoms with van der Waals surface area (Å²) in [7, 11) is 0. The number of anilines is 1. The molecule has 0 radical (unpaired) electrons. The van der Waals surface area contributed by atoms with Crippen molar-refractivity contribution < 1.29 is 4.74 Å². The fraction of sp³-hybridized carbons (Fsp3) is 0.667. The molecule has 0 bridgehead atoms. The van der Waals surface area contributed by atoms with Crippen molar-refractivity contribution in [3.63, 3.8) is 0 Å². The smallest absolute Gasteiger partial charge is 0.121 e. The van der Waals surface area contributed by atoms with Gasteiger partial charge in [-0.2, -0.15) is 0 Å². The number of rotatable bonds is 6. The number of likely N-dealkylation sites (tertiary alicyclic amines) is 1. The summed E-state index contributed by atoms with van der Waals surface area (Å²) in [6, 6.07) is 8.58. The molecule has 116 valence electrons. The third-order valence-electron chi connectivity index (χ3n) is 5.07. The number of hydrogen-bond donors (Lipinski definition) is 1. The molecule has 1 aromatic rings. The lowest BCUT2D eigenvalue weighted by atomic mass is 9.96. The zero-order valence-electron chi connectivity index (χ0n) is 13.0. The fourth-order valence-electron chi connectivity index (χ4n) is 4.07. The standard InChI is InChI=1S/C18H28N2O/c19-16-8-3-9-17(14-16)21-13-5-12-20-11-4-10-18(20)15-6-1-2-7-15/h3,8-9,14-15,18H,1-2,4-7,10-13,19H2. The third kappa shape index (κ3) is 3.91. The second-order valence-corrected chi connectivity index (χ2v) is 6.56. The quantitative estimate of drug-likeness (QED) is 0.641. The topological polar surface area (TPSA) is 38.5 Å². The molecule has 1 unspecified atom stereocenters. The van der Waals surface area contributed by atoms with E-state index in [2.05, 4.69) is 4.90 Å². The van der Waals surface area contributed by atoms with Crippen molar-refractivity contribution in [1.82, 2.24) is 4.90 Å². The highest BCUT2D eigenvalue weighted by atomic mass is 16.5. The number of nitrogens with zero attached hydrogens (tertiary/aromatic N) is 1. The maximum absolute atomic E-state index is 5.80. The van der Waals surface area contributed by atoms with Crippen LogP contribution in [0.2, 0.25) is 0 Å². The maximum atomic E-state index is 5.80. The lowest BCUT2D eigenvalue weighted by molar-refractivity contribution is 0.175. The van der Waals surface area contributed by atoms with Crippen molar-refractivity contribution in [3.8, 4) is 5.75 Å². The molecule has 1 saturated heterocycles. The first-order valence-corrected chi connectivity index (χ1v) is 8.55. The van der Waals surface area contributed by atoms with Gasteiger partial charge in [0.1, 0.15) is 5.75 Å². The summed E-state index contributed by atoms with van der Waals surface area (Å²) in [5.74, 6) is 1.87.